The summed E-state index contributed by atoms with van der Waals surface area (Å²) in [4.78, 5) is 32.3. The molecule has 1 atom stereocenters. The highest BCUT2D eigenvalue weighted by molar-refractivity contribution is 5.99. The van der Waals surface area contributed by atoms with Crippen molar-refractivity contribution in [1.29, 1.82) is 5.26 Å². The Kier molecular flexibility index (Phi) is 9.43. The highest BCUT2D eigenvalue weighted by atomic mass is 35.5. The first-order valence-electron chi connectivity index (χ1n) is 10.8. The fourth-order valence-electron chi connectivity index (χ4n) is 3.92. The average molecular weight is 497 g/mol. The third-order valence-electron chi connectivity index (χ3n) is 5.67. The second-order valence-electron chi connectivity index (χ2n) is 8.15. The number of carbonyl (C=O) groups excluding carboxylic acids is 2. The van der Waals surface area contributed by atoms with E-state index in [0.29, 0.717) is 29.1 Å². The zero-order valence-electron chi connectivity index (χ0n) is 20.4. The van der Waals surface area contributed by atoms with Gasteiger partial charge in [-0.3, -0.25) is 4.98 Å². The molecule has 0 radical (unpaired) electrons. The van der Waals surface area contributed by atoms with Crippen molar-refractivity contribution >= 4 is 30.0 Å². The van der Waals surface area contributed by atoms with E-state index in [-0.39, 0.29) is 30.2 Å². The Morgan fingerprint density at radius 3 is 2.29 bits per heavy atom. The van der Waals surface area contributed by atoms with Crippen LogP contribution >= 0.6 is 12.4 Å². The molecule has 9 heteroatoms. The van der Waals surface area contributed by atoms with E-state index in [1.807, 2.05) is 43.3 Å². The number of hydrogen-bond donors (Lipinski definition) is 1. The van der Waals surface area contributed by atoms with Gasteiger partial charge in [0, 0.05) is 43.8 Å². The van der Waals surface area contributed by atoms with E-state index in [1.54, 1.807) is 26.0 Å². The lowest BCUT2D eigenvalue weighted by Gasteiger charge is -2.29. The monoisotopic (exact) mass is 496 g/mol. The molecule has 1 aromatic carbocycles. The van der Waals surface area contributed by atoms with Gasteiger partial charge >= 0.3 is 11.9 Å². The van der Waals surface area contributed by atoms with Gasteiger partial charge in [-0.2, -0.15) is 5.26 Å². The zero-order valence-corrected chi connectivity index (χ0v) is 21.2. The van der Waals surface area contributed by atoms with Gasteiger partial charge in [0.25, 0.3) is 0 Å². The van der Waals surface area contributed by atoms with Crippen LogP contribution in [-0.2, 0) is 25.5 Å². The minimum atomic E-state index is -0.825. The maximum atomic E-state index is 13.2. The number of anilines is 1. The van der Waals surface area contributed by atoms with Crippen molar-refractivity contribution in [3.05, 3.63) is 82.0 Å². The molecule has 0 bridgehead atoms. The molecule has 1 aliphatic heterocycles. The third-order valence-corrected chi connectivity index (χ3v) is 5.67. The number of allylic oxidation sites excluding steroid dienone is 2. The number of ether oxygens (including phenoxy) is 2. The summed E-state index contributed by atoms with van der Waals surface area (Å²) in [6, 6.07) is 13.2. The zero-order chi connectivity index (χ0) is 24.8. The number of halogens is 1. The summed E-state index contributed by atoms with van der Waals surface area (Å²) in [5.41, 5.74) is 4.51. The van der Waals surface area contributed by atoms with Gasteiger partial charge in [-0.15, -0.1) is 12.4 Å². The van der Waals surface area contributed by atoms with Crippen molar-refractivity contribution in [2.75, 3.05) is 32.7 Å². The van der Waals surface area contributed by atoms with Crippen molar-refractivity contribution in [2.45, 2.75) is 26.2 Å². The van der Waals surface area contributed by atoms with Gasteiger partial charge in [-0.25, -0.2) is 9.59 Å². The molecule has 184 valence electrons. The molecule has 2 aromatic rings. The van der Waals surface area contributed by atoms with E-state index in [0.717, 1.165) is 11.3 Å². The van der Waals surface area contributed by atoms with Crippen LogP contribution in [0.25, 0.3) is 0 Å². The van der Waals surface area contributed by atoms with Crippen LogP contribution in [0.2, 0.25) is 0 Å². The second kappa shape index (κ2) is 12.0. The number of esters is 2. The van der Waals surface area contributed by atoms with Crippen LogP contribution in [0, 0.1) is 11.3 Å². The Hall–Kier alpha value is -3.83. The number of carbonyl (C=O) groups is 2. The largest absolute Gasteiger partial charge is 0.466 e. The third kappa shape index (κ3) is 6.19. The van der Waals surface area contributed by atoms with Gasteiger partial charge in [0.15, 0.2) is 0 Å². The molecule has 0 aliphatic carbocycles. The number of nitriles is 1. The van der Waals surface area contributed by atoms with Crippen molar-refractivity contribution in [1.82, 2.24) is 10.3 Å². The van der Waals surface area contributed by atoms with Crippen LogP contribution < -0.4 is 10.2 Å². The number of nitrogens with zero attached hydrogens (tertiary/aromatic N) is 3. The van der Waals surface area contributed by atoms with Crippen LogP contribution in [0.4, 0.5) is 5.69 Å². The number of nitrogens with one attached hydrogen (secondary N) is 1. The number of hydrogen-bond acceptors (Lipinski definition) is 8. The molecule has 2 heterocycles. The average Bonchev–Trinajstić information content (AvgIpc) is 2.83. The summed E-state index contributed by atoms with van der Waals surface area (Å²) in [7, 11) is 5.23. The lowest BCUT2D eigenvalue weighted by atomic mass is 9.82. The van der Waals surface area contributed by atoms with Crippen molar-refractivity contribution in [3.63, 3.8) is 0 Å². The van der Waals surface area contributed by atoms with Gasteiger partial charge in [0.1, 0.15) is 0 Å². The fraction of sp³-hybridized carbons (Fsp3) is 0.308. The van der Waals surface area contributed by atoms with Crippen LogP contribution in [0.1, 0.15) is 36.6 Å². The van der Waals surface area contributed by atoms with E-state index in [9.17, 15) is 14.9 Å². The number of pyridine rings is 1. The van der Waals surface area contributed by atoms with E-state index in [1.165, 1.54) is 13.3 Å². The highest BCUT2D eigenvalue weighted by Gasteiger charge is 2.38. The number of aromatic nitrogens is 1. The second-order valence-corrected chi connectivity index (χ2v) is 8.15. The molecule has 1 aromatic heterocycles. The molecule has 0 amide bonds. The van der Waals surface area contributed by atoms with Gasteiger partial charge in [0.2, 0.25) is 0 Å². The molecular weight excluding hydrogens is 468 g/mol. The molecule has 1 unspecified atom stereocenters. The molecule has 0 saturated heterocycles. The molecule has 3 rings (SSSR count). The topological polar surface area (TPSA) is 105 Å². The van der Waals surface area contributed by atoms with Gasteiger partial charge < -0.3 is 19.7 Å². The summed E-state index contributed by atoms with van der Waals surface area (Å²) in [5, 5.41) is 12.4. The van der Waals surface area contributed by atoms with Crippen molar-refractivity contribution < 1.29 is 19.1 Å². The highest BCUT2D eigenvalue weighted by Crippen LogP contribution is 2.38. The molecular formula is C26H29ClN4O4. The number of methoxy groups -OCH3 is 1. The normalized spacial score (nSPS) is 14.9. The van der Waals surface area contributed by atoms with E-state index in [2.05, 4.69) is 16.4 Å². The lowest BCUT2D eigenvalue weighted by molar-refractivity contribution is -0.139. The molecule has 0 saturated carbocycles. The van der Waals surface area contributed by atoms with Gasteiger partial charge in [-0.05, 0) is 43.7 Å². The minimum absolute atomic E-state index is 0. The van der Waals surface area contributed by atoms with Crippen LogP contribution in [0.15, 0.2) is 65.1 Å². The summed E-state index contributed by atoms with van der Waals surface area (Å²) < 4.78 is 10.6. The Balaban J connectivity index is 0.00000432. The first-order chi connectivity index (χ1) is 16.3. The molecule has 8 nitrogen and oxygen atoms in total. The van der Waals surface area contributed by atoms with Crippen molar-refractivity contribution in [3.8, 4) is 6.07 Å². The van der Waals surface area contributed by atoms with Crippen molar-refractivity contribution in [2.24, 2.45) is 0 Å². The molecule has 1 aliphatic rings. The standard InChI is InChI=1S/C26H28N4O4.ClH/c1-16-22(25(31)33-5)24(21-14-19(15-27)10-12-28-21)23(17(2)29-16)26(32)34-13-11-18-6-8-20(9-7-18)30(3)4;/h6-10,12,14,24,29H,11,13H2,1-5H3;1H. The quantitative estimate of drug-likeness (QED) is 0.579. The first-order valence-corrected chi connectivity index (χ1v) is 10.8. The van der Waals surface area contributed by atoms with E-state index < -0.39 is 17.9 Å². The van der Waals surface area contributed by atoms with Crippen LogP contribution in [0.5, 0.6) is 0 Å². The Morgan fingerprint density at radius 2 is 1.71 bits per heavy atom. The molecule has 0 fully saturated rings. The molecule has 0 spiro atoms. The summed E-state index contributed by atoms with van der Waals surface area (Å²) >= 11 is 0. The number of benzene rings is 1. The SMILES string of the molecule is COC(=O)C1=C(C)NC(C)=C(C(=O)OCCc2ccc(N(C)C)cc2)C1c1cc(C#N)ccn1.Cl. The molecule has 35 heavy (non-hydrogen) atoms. The summed E-state index contributed by atoms with van der Waals surface area (Å²) in [6.45, 7) is 3.65. The summed E-state index contributed by atoms with van der Waals surface area (Å²) in [6.07, 6.45) is 2.03. The van der Waals surface area contributed by atoms with E-state index >= 15 is 0 Å². The first kappa shape index (κ1) is 27.4. The smallest absolute Gasteiger partial charge is 0.336 e. The van der Waals surface area contributed by atoms with Gasteiger partial charge in [-0.1, -0.05) is 12.1 Å². The molecule has 1 N–H and O–H groups in total. The predicted molar refractivity (Wildman–Crippen MR) is 135 cm³/mol. The van der Waals surface area contributed by atoms with Crippen LogP contribution in [0.3, 0.4) is 0 Å². The Labute approximate surface area is 211 Å². The van der Waals surface area contributed by atoms with Crippen LogP contribution in [-0.4, -0.2) is 44.7 Å². The fourth-order valence-corrected chi connectivity index (χ4v) is 3.92. The number of dihydropyridines is 1. The Morgan fingerprint density at radius 1 is 1.09 bits per heavy atom. The Bertz CT molecular complexity index is 1200. The predicted octanol–water partition coefficient (Wildman–Crippen LogP) is 3.63. The lowest BCUT2D eigenvalue weighted by Crippen LogP contribution is -2.32. The summed E-state index contributed by atoms with van der Waals surface area (Å²) in [5.74, 6) is -1.97. The maximum Gasteiger partial charge on any atom is 0.336 e. The number of rotatable bonds is 7. The van der Waals surface area contributed by atoms with Gasteiger partial charge in [0.05, 0.1) is 48.1 Å². The van der Waals surface area contributed by atoms with E-state index in [4.69, 9.17) is 9.47 Å². The maximum absolute atomic E-state index is 13.2. The minimum Gasteiger partial charge on any atom is -0.466 e.